The topological polar surface area (TPSA) is 54.4 Å². The van der Waals surface area contributed by atoms with Gasteiger partial charge in [-0.15, -0.1) is 0 Å². The summed E-state index contributed by atoms with van der Waals surface area (Å²) in [7, 11) is 0. The Morgan fingerprint density at radius 3 is 2.16 bits per heavy atom. The zero-order valence-electron chi connectivity index (χ0n) is 8.87. The third-order valence-corrected chi connectivity index (χ3v) is 2.84. The quantitative estimate of drug-likeness (QED) is 0.688. The van der Waals surface area contributed by atoms with E-state index in [1.807, 2.05) is 0 Å². The molecule has 0 saturated heterocycles. The third kappa shape index (κ3) is 3.43. The Kier molecular flexibility index (Phi) is 4.18. The van der Waals surface area contributed by atoms with Crippen molar-refractivity contribution in [1.82, 2.24) is 0 Å². The summed E-state index contributed by atoms with van der Waals surface area (Å²) in [5.41, 5.74) is -0.326. The largest absolute Gasteiger partial charge is 0.478 e. The Labute approximate surface area is 107 Å². The van der Waals surface area contributed by atoms with Crippen LogP contribution in [0, 0.1) is 0 Å². The molecule has 0 unspecified atom stereocenters. The minimum absolute atomic E-state index is 0.311. The van der Waals surface area contributed by atoms with Gasteiger partial charge in [0.25, 0.3) is 5.12 Å². The average molecular weight is 300 g/mol. The van der Waals surface area contributed by atoms with Crippen LogP contribution in [0.2, 0.25) is 0 Å². The Balaban J connectivity index is 2.95. The maximum atomic E-state index is 12.7. The molecule has 104 valence electrons. The van der Waals surface area contributed by atoms with E-state index in [9.17, 15) is 31.5 Å². The monoisotopic (exact) mass is 300 g/mol. The van der Waals surface area contributed by atoms with Gasteiger partial charge in [-0.2, -0.15) is 22.0 Å². The van der Waals surface area contributed by atoms with Gasteiger partial charge in [0.2, 0.25) is 0 Å². The van der Waals surface area contributed by atoms with Gasteiger partial charge in [0.1, 0.15) is 0 Å². The predicted octanol–water partition coefficient (Wildman–Crippen LogP) is 3.20. The van der Waals surface area contributed by atoms with Crippen LogP contribution >= 0.6 is 11.8 Å². The minimum atomic E-state index is -5.98. The van der Waals surface area contributed by atoms with Crippen LogP contribution < -0.4 is 0 Å². The number of carboxylic acid groups (broad SMARTS) is 1. The number of carboxylic acids is 1. The predicted molar refractivity (Wildman–Crippen MR) is 55.3 cm³/mol. The number of hydrogen-bond donors (Lipinski definition) is 1. The van der Waals surface area contributed by atoms with Crippen LogP contribution in [0.3, 0.4) is 0 Å². The van der Waals surface area contributed by atoms with E-state index in [4.69, 9.17) is 5.11 Å². The maximum absolute atomic E-state index is 12.7. The number of rotatable bonds is 3. The fourth-order valence-corrected chi connectivity index (χ4v) is 1.77. The molecule has 0 heterocycles. The molecular formula is C10H5F5O3S. The van der Waals surface area contributed by atoms with E-state index >= 15 is 0 Å². The second kappa shape index (κ2) is 5.16. The Morgan fingerprint density at radius 1 is 1.11 bits per heavy atom. The molecular weight excluding hydrogens is 295 g/mol. The molecule has 0 aromatic heterocycles. The van der Waals surface area contributed by atoms with Gasteiger partial charge in [-0.05, 0) is 30.0 Å². The molecule has 0 aliphatic rings. The number of benzene rings is 1. The van der Waals surface area contributed by atoms with Crippen molar-refractivity contribution in [2.45, 2.75) is 17.0 Å². The van der Waals surface area contributed by atoms with Gasteiger partial charge in [-0.25, -0.2) is 4.79 Å². The molecule has 1 rings (SSSR count). The lowest BCUT2D eigenvalue weighted by Gasteiger charge is -2.17. The lowest BCUT2D eigenvalue weighted by molar-refractivity contribution is -0.264. The highest BCUT2D eigenvalue weighted by molar-refractivity contribution is 8.13. The van der Waals surface area contributed by atoms with E-state index in [1.165, 1.54) is 0 Å². The van der Waals surface area contributed by atoms with Gasteiger partial charge in [0, 0.05) is 4.90 Å². The van der Waals surface area contributed by atoms with Crippen LogP contribution in [0.4, 0.5) is 22.0 Å². The normalized spacial score (nSPS) is 12.3. The Morgan fingerprint density at radius 2 is 1.68 bits per heavy atom. The Hall–Kier alpha value is -1.64. The maximum Gasteiger partial charge on any atom is 0.462 e. The van der Waals surface area contributed by atoms with E-state index in [0.717, 1.165) is 24.3 Å². The molecule has 1 N–H and O–H groups in total. The number of alkyl halides is 5. The molecule has 0 bridgehead atoms. The number of aromatic carboxylic acids is 1. The Bertz CT molecular complexity index is 512. The molecule has 9 heteroatoms. The van der Waals surface area contributed by atoms with Crippen molar-refractivity contribution in [3.63, 3.8) is 0 Å². The SMILES string of the molecule is O=C(O)c1cccc(SC(=O)C(F)(F)C(F)(F)F)c1. The standard InChI is InChI=1S/C10H5F5O3S/c11-9(12,10(13,14)15)8(18)19-6-3-1-2-5(4-6)7(16)17/h1-4H,(H,16,17). The van der Waals surface area contributed by atoms with Gasteiger partial charge >= 0.3 is 18.1 Å². The average Bonchev–Trinajstić information content (AvgIpc) is 2.27. The number of thioether (sulfide) groups is 1. The lowest BCUT2D eigenvalue weighted by atomic mass is 10.2. The van der Waals surface area contributed by atoms with E-state index in [2.05, 4.69) is 0 Å². The summed E-state index contributed by atoms with van der Waals surface area (Å²) >= 11 is -0.363. The van der Waals surface area contributed by atoms with E-state index < -0.39 is 23.2 Å². The first-order valence-corrected chi connectivity index (χ1v) is 5.37. The van der Waals surface area contributed by atoms with Crippen molar-refractivity contribution in [1.29, 1.82) is 0 Å². The van der Waals surface area contributed by atoms with Gasteiger partial charge in [-0.1, -0.05) is 6.07 Å². The van der Waals surface area contributed by atoms with Gasteiger partial charge < -0.3 is 5.11 Å². The summed E-state index contributed by atoms with van der Waals surface area (Å²) in [5.74, 6) is -6.88. The minimum Gasteiger partial charge on any atom is -0.478 e. The first-order chi connectivity index (χ1) is 8.55. The second-order valence-electron chi connectivity index (χ2n) is 3.29. The van der Waals surface area contributed by atoms with E-state index in [-0.39, 0.29) is 22.2 Å². The fraction of sp³-hybridized carbons (Fsp3) is 0.200. The molecule has 0 fully saturated rings. The highest BCUT2D eigenvalue weighted by atomic mass is 32.2. The molecule has 0 aliphatic heterocycles. The van der Waals surface area contributed by atoms with Crippen molar-refractivity contribution >= 4 is 22.8 Å². The molecule has 1 aromatic carbocycles. The lowest BCUT2D eigenvalue weighted by Crippen LogP contribution is -2.42. The van der Waals surface area contributed by atoms with Gasteiger partial charge in [0.15, 0.2) is 0 Å². The van der Waals surface area contributed by atoms with Crippen LogP contribution in [-0.4, -0.2) is 28.3 Å². The molecule has 0 saturated carbocycles. The van der Waals surface area contributed by atoms with Crippen LogP contribution in [0.25, 0.3) is 0 Å². The number of halogens is 5. The third-order valence-electron chi connectivity index (χ3n) is 1.90. The molecule has 0 spiro atoms. The van der Waals surface area contributed by atoms with Crippen molar-refractivity contribution < 1.29 is 36.6 Å². The molecule has 1 aromatic rings. The zero-order chi connectivity index (χ0) is 14.8. The highest BCUT2D eigenvalue weighted by Gasteiger charge is 2.63. The van der Waals surface area contributed by atoms with Crippen LogP contribution in [-0.2, 0) is 4.79 Å². The van der Waals surface area contributed by atoms with Gasteiger partial charge in [0.05, 0.1) is 5.56 Å². The van der Waals surface area contributed by atoms with Crippen molar-refractivity contribution in [3.05, 3.63) is 29.8 Å². The summed E-state index contributed by atoms with van der Waals surface area (Å²) < 4.78 is 61.1. The number of hydrogen-bond acceptors (Lipinski definition) is 3. The van der Waals surface area contributed by atoms with Crippen molar-refractivity contribution in [2.24, 2.45) is 0 Å². The summed E-state index contributed by atoms with van der Waals surface area (Å²) in [6, 6.07) is 4.13. The van der Waals surface area contributed by atoms with Crippen LogP contribution in [0.5, 0.6) is 0 Å². The summed E-state index contributed by atoms with van der Waals surface area (Å²) in [6.45, 7) is 0. The zero-order valence-corrected chi connectivity index (χ0v) is 9.69. The number of carbonyl (C=O) groups excluding carboxylic acids is 1. The molecule has 19 heavy (non-hydrogen) atoms. The summed E-state index contributed by atoms with van der Waals surface area (Å²) in [6.07, 6.45) is -5.98. The highest BCUT2D eigenvalue weighted by Crippen LogP contribution is 2.40. The van der Waals surface area contributed by atoms with Crippen LogP contribution in [0.15, 0.2) is 29.2 Å². The molecule has 3 nitrogen and oxygen atoms in total. The van der Waals surface area contributed by atoms with Crippen LogP contribution in [0.1, 0.15) is 10.4 Å². The first-order valence-electron chi connectivity index (χ1n) is 4.56. The summed E-state index contributed by atoms with van der Waals surface area (Å²) in [4.78, 5) is 21.2. The fourth-order valence-electron chi connectivity index (χ4n) is 0.979. The van der Waals surface area contributed by atoms with Crippen molar-refractivity contribution in [3.8, 4) is 0 Å². The molecule has 0 aliphatic carbocycles. The molecule has 0 atom stereocenters. The van der Waals surface area contributed by atoms with E-state index in [0.29, 0.717) is 0 Å². The second-order valence-corrected chi connectivity index (χ2v) is 4.34. The molecule has 0 amide bonds. The van der Waals surface area contributed by atoms with Crippen molar-refractivity contribution in [2.75, 3.05) is 0 Å². The first kappa shape index (κ1) is 15.4. The van der Waals surface area contributed by atoms with Gasteiger partial charge in [-0.3, -0.25) is 4.79 Å². The summed E-state index contributed by atoms with van der Waals surface area (Å²) in [5, 5.41) is 6.20. The number of carbonyl (C=O) groups is 2. The molecule has 0 radical (unpaired) electrons. The smallest absolute Gasteiger partial charge is 0.462 e. The van der Waals surface area contributed by atoms with E-state index in [1.54, 1.807) is 0 Å².